The molecule has 2 atom stereocenters. The number of aromatic nitrogens is 1. The minimum absolute atomic E-state index is 0.0301. The van der Waals surface area contributed by atoms with Gasteiger partial charge in [-0.05, 0) is 31.9 Å². The van der Waals surface area contributed by atoms with Gasteiger partial charge in [0.25, 0.3) is 5.91 Å². The lowest BCUT2D eigenvalue weighted by Gasteiger charge is -2.24. The lowest BCUT2D eigenvalue weighted by atomic mass is 10.1. The molecule has 5 nitrogen and oxygen atoms in total. The average Bonchev–Trinajstić information content (AvgIpc) is 2.94. The highest BCUT2D eigenvalue weighted by molar-refractivity contribution is 5.81. The predicted molar refractivity (Wildman–Crippen MR) is 72.3 cm³/mol. The first-order valence-electron chi connectivity index (χ1n) is 6.78. The molecule has 19 heavy (non-hydrogen) atoms. The summed E-state index contributed by atoms with van der Waals surface area (Å²) in [5.41, 5.74) is 6.46. The van der Waals surface area contributed by atoms with Gasteiger partial charge in [0.05, 0.1) is 18.3 Å². The highest BCUT2D eigenvalue weighted by atomic mass is 16.5. The number of nitrogens with zero attached hydrogens (tertiary/aromatic N) is 2. The largest absolute Gasteiger partial charge is 0.364 e. The van der Waals surface area contributed by atoms with Gasteiger partial charge in [-0.1, -0.05) is 6.07 Å². The number of carbonyl (C=O) groups excluding carboxylic acids is 1. The van der Waals surface area contributed by atoms with E-state index in [2.05, 4.69) is 4.98 Å². The molecule has 0 bridgehead atoms. The van der Waals surface area contributed by atoms with Gasteiger partial charge in [0.1, 0.15) is 6.10 Å². The van der Waals surface area contributed by atoms with Gasteiger partial charge in [0.2, 0.25) is 0 Å². The molecule has 5 heteroatoms. The lowest BCUT2D eigenvalue weighted by Crippen LogP contribution is -2.39. The normalized spacial score (nSPS) is 22.4. The van der Waals surface area contributed by atoms with E-state index in [4.69, 9.17) is 10.5 Å². The van der Waals surface area contributed by atoms with Crippen LogP contribution in [0.25, 0.3) is 0 Å². The summed E-state index contributed by atoms with van der Waals surface area (Å²) in [6.45, 7) is 3.64. The Kier molecular flexibility index (Phi) is 4.87. The molecule has 2 rings (SSSR count). The van der Waals surface area contributed by atoms with E-state index in [1.807, 2.05) is 25.1 Å². The van der Waals surface area contributed by atoms with Crippen molar-refractivity contribution in [3.05, 3.63) is 30.1 Å². The van der Waals surface area contributed by atoms with Crippen molar-refractivity contribution >= 4 is 5.91 Å². The van der Waals surface area contributed by atoms with E-state index >= 15 is 0 Å². The molecule has 1 aromatic heterocycles. The summed E-state index contributed by atoms with van der Waals surface area (Å²) in [6, 6.07) is 5.72. The number of hydrogen-bond acceptors (Lipinski definition) is 4. The second-order valence-corrected chi connectivity index (χ2v) is 4.73. The molecule has 1 fully saturated rings. The van der Waals surface area contributed by atoms with Crippen LogP contribution in [-0.2, 0) is 16.1 Å². The first-order chi connectivity index (χ1) is 9.24. The quantitative estimate of drug-likeness (QED) is 0.858. The summed E-state index contributed by atoms with van der Waals surface area (Å²) in [5.74, 6) is 0.0455. The number of ether oxygens (including phenoxy) is 1. The van der Waals surface area contributed by atoms with Crippen LogP contribution in [0.15, 0.2) is 24.4 Å². The number of likely N-dealkylation sites (N-methyl/N-ethyl adjacent to an activating group) is 1. The Morgan fingerprint density at radius 1 is 1.53 bits per heavy atom. The standard InChI is InChI=1S/C14H21N3O2/c1-2-17(10-11-5-3-4-8-16-11)14(18)13-7-6-12(9-15)19-13/h3-5,8,12-13H,2,6-7,9-10,15H2,1H3. The number of pyridine rings is 1. The number of nitrogens with two attached hydrogens (primary N) is 1. The maximum Gasteiger partial charge on any atom is 0.252 e. The Morgan fingerprint density at radius 3 is 2.95 bits per heavy atom. The molecule has 2 heterocycles. The van der Waals surface area contributed by atoms with Crippen molar-refractivity contribution in [2.45, 2.75) is 38.5 Å². The molecule has 1 saturated heterocycles. The fourth-order valence-corrected chi connectivity index (χ4v) is 2.30. The SMILES string of the molecule is CCN(Cc1ccccn1)C(=O)C1CCC(CN)O1. The van der Waals surface area contributed by atoms with Crippen molar-refractivity contribution in [2.24, 2.45) is 5.73 Å². The Hall–Kier alpha value is -1.46. The second-order valence-electron chi connectivity index (χ2n) is 4.73. The van der Waals surface area contributed by atoms with Crippen LogP contribution in [0.4, 0.5) is 0 Å². The average molecular weight is 263 g/mol. The zero-order valence-corrected chi connectivity index (χ0v) is 11.3. The smallest absolute Gasteiger partial charge is 0.252 e. The Balaban J connectivity index is 1.96. The van der Waals surface area contributed by atoms with E-state index in [1.54, 1.807) is 11.1 Å². The van der Waals surface area contributed by atoms with Crippen LogP contribution in [0.1, 0.15) is 25.5 Å². The van der Waals surface area contributed by atoms with E-state index < -0.39 is 0 Å². The van der Waals surface area contributed by atoms with E-state index in [9.17, 15) is 4.79 Å². The van der Waals surface area contributed by atoms with Gasteiger partial charge in [-0.3, -0.25) is 9.78 Å². The maximum absolute atomic E-state index is 12.4. The van der Waals surface area contributed by atoms with Gasteiger partial charge < -0.3 is 15.4 Å². The van der Waals surface area contributed by atoms with Crippen molar-refractivity contribution in [3.8, 4) is 0 Å². The maximum atomic E-state index is 12.4. The van der Waals surface area contributed by atoms with Crippen LogP contribution in [0.3, 0.4) is 0 Å². The predicted octanol–water partition coefficient (Wildman–Crippen LogP) is 0.936. The van der Waals surface area contributed by atoms with Crippen molar-refractivity contribution < 1.29 is 9.53 Å². The third-order valence-corrected chi connectivity index (χ3v) is 3.42. The number of carbonyl (C=O) groups is 1. The molecule has 2 unspecified atom stereocenters. The van der Waals surface area contributed by atoms with Gasteiger partial charge in [-0.15, -0.1) is 0 Å². The number of rotatable bonds is 5. The molecule has 0 aromatic carbocycles. The zero-order chi connectivity index (χ0) is 13.7. The summed E-state index contributed by atoms with van der Waals surface area (Å²) in [6.07, 6.45) is 3.07. The fourth-order valence-electron chi connectivity index (χ4n) is 2.30. The number of amides is 1. The summed E-state index contributed by atoms with van der Waals surface area (Å²) < 4.78 is 5.66. The Bertz CT molecular complexity index is 410. The van der Waals surface area contributed by atoms with Crippen LogP contribution < -0.4 is 5.73 Å². The molecular weight excluding hydrogens is 242 g/mol. The molecule has 104 valence electrons. The molecule has 0 spiro atoms. The van der Waals surface area contributed by atoms with Crippen LogP contribution in [-0.4, -0.2) is 41.1 Å². The van der Waals surface area contributed by atoms with E-state index in [0.29, 0.717) is 19.6 Å². The summed E-state index contributed by atoms with van der Waals surface area (Å²) in [5, 5.41) is 0. The van der Waals surface area contributed by atoms with Gasteiger partial charge in [0.15, 0.2) is 0 Å². The van der Waals surface area contributed by atoms with Crippen molar-refractivity contribution in [1.82, 2.24) is 9.88 Å². The third-order valence-electron chi connectivity index (χ3n) is 3.42. The molecule has 2 N–H and O–H groups in total. The van der Waals surface area contributed by atoms with Gasteiger partial charge >= 0.3 is 0 Å². The van der Waals surface area contributed by atoms with Crippen LogP contribution >= 0.6 is 0 Å². The topological polar surface area (TPSA) is 68.5 Å². The molecule has 1 aliphatic heterocycles. The summed E-state index contributed by atoms with van der Waals surface area (Å²) >= 11 is 0. The second kappa shape index (κ2) is 6.63. The molecule has 1 amide bonds. The fraction of sp³-hybridized carbons (Fsp3) is 0.571. The van der Waals surface area contributed by atoms with Gasteiger partial charge in [0, 0.05) is 19.3 Å². The first kappa shape index (κ1) is 14.0. The van der Waals surface area contributed by atoms with Crippen LogP contribution in [0.5, 0.6) is 0 Å². The zero-order valence-electron chi connectivity index (χ0n) is 11.3. The summed E-state index contributed by atoms with van der Waals surface area (Å²) in [4.78, 5) is 18.4. The highest BCUT2D eigenvalue weighted by Gasteiger charge is 2.32. The van der Waals surface area contributed by atoms with Crippen LogP contribution in [0.2, 0.25) is 0 Å². The minimum Gasteiger partial charge on any atom is -0.364 e. The molecule has 0 radical (unpaired) electrons. The van der Waals surface area contributed by atoms with Crippen LogP contribution in [0, 0.1) is 0 Å². The molecule has 1 aliphatic rings. The molecule has 0 aliphatic carbocycles. The van der Waals surface area contributed by atoms with E-state index in [1.165, 1.54) is 0 Å². The van der Waals surface area contributed by atoms with Gasteiger partial charge in [-0.25, -0.2) is 0 Å². The van der Waals surface area contributed by atoms with Crippen molar-refractivity contribution in [1.29, 1.82) is 0 Å². The first-order valence-corrected chi connectivity index (χ1v) is 6.78. The van der Waals surface area contributed by atoms with Crippen molar-refractivity contribution in [3.63, 3.8) is 0 Å². The number of hydrogen-bond donors (Lipinski definition) is 1. The molecular formula is C14H21N3O2. The monoisotopic (exact) mass is 263 g/mol. The molecule has 0 saturated carbocycles. The Labute approximate surface area is 113 Å². The van der Waals surface area contributed by atoms with Crippen molar-refractivity contribution in [2.75, 3.05) is 13.1 Å². The molecule has 1 aromatic rings. The lowest BCUT2D eigenvalue weighted by molar-refractivity contribution is -0.143. The summed E-state index contributed by atoms with van der Waals surface area (Å²) in [7, 11) is 0. The highest BCUT2D eigenvalue weighted by Crippen LogP contribution is 2.21. The Morgan fingerprint density at radius 2 is 2.37 bits per heavy atom. The van der Waals surface area contributed by atoms with Gasteiger partial charge in [-0.2, -0.15) is 0 Å². The minimum atomic E-state index is -0.336. The van der Waals surface area contributed by atoms with E-state index in [0.717, 1.165) is 18.5 Å². The third kappa shape index (κ3) is 3.52. The van der Waals surface area contributed by atoms with E-state index in [-0.39, 0.29) is 18.1 Å².